The van der Waals surface area contributed by atoms with Crippen molar-refractivity contribution in [3.05, 3.63) is 36.3 Å². The van der Waals surface area contributed by atoms with E-state index in [4.69, 9.17) is 9.84 Å². The molecule has 0 saturated heterocycles. The van der Waals surface area contributed by atoms with Gasteiger partial charge in [-0.2, -0.15) is 0 Å². The average molecular weight is 522 g/mol. The quantitative estimate of drug-likeness (QED) is 0.378. The van der Waals surface area contributed by atoms with Crippen molar-refractivity contribution in [1.29, 1.82) is 0 Å². The molecular formula is C25H32FN3O4S2. The molecule has 2 saturated carbocycles. The number of amides is 2. The number of carboxylic acid groups (broad SMARTS) is 1. The summed E-state index contributed by atoms with van der Waals surface area (Å²) in [6.45, 7) is 0.601. The van der Waals surface area contributed by atoms with E-state index in [1.54, 1.807) is 18.3 Å². The van der Waals surface area contributed by atoms with Gasteiger partial charge < -0.3 is 14.7 Å². The molecule has 0 unspecified atom stereocenters. The third kappa shape index (κ3) is 7.57. The van der Waals surface area contributed by atoms with Gasteiger partial charge in [-0.05, 0) is 68.7 Å². The highest BCUT2D eigenvalue weighted by Gasteiger charge is 2.34. The van der Waals surface area contributed by atoms with Crippen LogP contribution in [0.3, 0.4) is 0 Å². The molecule has 0 atom stereocenters. The second-order valence-electron chi connectivity index (χ2n) is 9.24. The molecule has 2 aliphatic rings. The van der Waals surface area contributed by atoms with Gasteiger partial charge >= 0.3 is 12.0 Å². The van der Waals surface area contributed by atoms with Gasteiger partial charge in [0.25, 0.3) is 0 Å². The largest absolute Gasteiger partial charge is 0.493 e. The number of urea groups is 1. The van der Waals surface area contributed by atoms with E-state index in [9.17, 15) is 14.0 Å². The Bertz CT molecular complexity index is 973. The van der Waals surface area contributed by atoms with E-state index >= 15 is 0 Å². The van der Waals surface area contributed by atoms with Crippen LogP contribution >= 0.6 is 23.1 Å². The van der Waals surface area contributed by atoms with Crippen molar-refractivity contribution >= 4 is 40.2 Å². The topological polar surface area (TPSA) is 91.8 Å². The number of anilines is 1. The van der Waals surface area contributed by atoms with Crippen molar-refractivity contribution in [2.45, 2.75) is 74.1 Å². The standard InChI is InChI=1S/C25H32FN3O4S2/c26-18-8-12-21(13-9-18)33-15-17-6-10-20(11-7-17)29(19-4-2-1-3-5-19)25(32)28-24-27-14-23(35-24)34-16-22(30)31/h8-9,12-14,17,19-20H,1-7,10-11,15-16H2,(H,30,31)(H,27,28,32). The van der Waals surface area contributed by atoms with Gasteiger partial charge in [0, 0.05) is 12.1 Å². The SMILES string of the molecule is O=C(O)CSc1cnc(NC(=O)N(C2CCCCC2)C2CCC(COc3ccc(F)cc3)CC2)s1. The van der Waals surface area contributed by atoms with Crippen LogP contribution in [0.25, 0.3) is 0 Å². The molecule has 1 aromatic carbocycles. The van der Waals surface area contributed by atoms with Crippen LogP contribution in [0.5, 0.6) is 5.75 Å². The lowest BCUT2D eigenvalue weighted by molar-refractivity contribution is -0.133. The molecule has 7 nitrogen and oxygen atoms in total. The molecule has 2 amide bonds. The predicted octanol–water partition coefficient (Wildman–Crippen LogP) is 6.26. The number of thiazole rings is 1. The molecule has 2 aliphatic carbocycles. The smallest absolute Gasteiger partial charge is 0.324 e. The fraction of sp³-hybridized carbons (Fsp3) is 0.560. The molecule has 0 bridgehead atoms. The zero-order valence-electron chi connectivity index (χ0n) is 19.7. The first-order valence-electron chi connectivity index (χ1n) is 12.3. The van der Waals surface area contributed by atoms with Crippen LogP contribution in [0.15, 0.2) is 34.7 Å². The maximum Gasteiger partial charge on any atom is 0.324 e. The zero-order valence-corrected chi connectivity index (χ0v) is 21.3. The number of thioether (sulfide) groups is 1. The molecular weight excluding hydrogens is 489 g/mol. The minimum absolute atomic E-state index is 0.0299. The summed E-state index contributed by atoms with van der Waals surface area (Å²) in [7, 11) is 0. The molecule has 1 heterocycles. The summed E-state index contributed by atoms with van der Waals surface area (Å²) in [6, 6.07) is 6.43. The minimum Gasteiger partial charge on any atom is -0.493 e. The molecule has 4 rings (SSSR count). The van der Waals surface area contributed by atoms with E-state index < -0.39 is 5.97 Å². The molecule has 2 N–H and O–H groups in total. The Labute approximate surface area is 213 Å². The number of aromatic nitrogens is 1. The number of ether oxygens (including phenoxy) is 1. The van der Waals surface area contributed by atoms with Crippen LogP contribution in [0.1, 0.15) is 57.8 Å². The van der Waals surface area contributed by atoms with E-state index in [0.29, 0.717) is 23.4 Å². The lowest BCUT2D eigenvalue weighted by atomic mass is 9.84. The summed E-state index contributed by atoms with van der Waals surface area (Å²) < 4.78 is 19.7. The monoisotopic (exact) mass is 521 g/mol. The van der Waals surface area contributed by atoms with Crippen molar-refractivity contribution in [2.75, 3.05) is 17.7 Å². The van der Waals surface area contributed by atoms with Crippen molar-refractivity contribution in [1.82, 2.24) is 9.88 Å². The molecule has 2 aromatic rings. The van der Waals surface area contributed by atoms with E-state index in [2.05, 4.69) is 15.2 Å². The van der Waals surface area contributed by atoms with Gasteiger partial charge in [0.05, 0.1) is 22.8 Å². The maximum absolute atomic E-state index is 13.4. The normalized spacial score (nSPS) is 20.8. The fourth-order valence-electron chi connectivity index (χ4n) is 5.00. The van der Waals surface area contributed by atoms with Gasteiger partial charge in [0.2, 0.25) is 0 Å². The van der Waals surface area contributed by atoms with Crippen LogP contribution < -0.4 is 10.1 Å². The Morgan fingerprint density at radius 3 is 2.46 bits per heavy atom. The molecule has 190 valence electrons. The number of hydrogen-bond donors (Lipinski definition) is 2. The van der Waals surface area contributed by atoms with Crippen LogP contribution in [0, 0.1) is 11.7 Å². The summed E-state index contributed by atoms with van der Waals surface area (Å²) in [6.07, 6.45) is 11.0. The molecule has 35 heavy (non-hydrogen) atoms. The lowest BCUT2D eigenvalue weighted by Gasteiger charge is -2.42. The van der Waals surface area contributed by atoms with Gasteiger partial charge in [-0.1, -0.05) is 30.6 Å². The number of benzene rings is 1. The number of carbonyl (C=O) groups is 2. The van der Waals surface area contributed by atoms with E-state index in [-0.39, 0.29) is 29.7 Å². The van der Waals surface area contributed by atoms with Crippen LogP contribution in [-0.2, 0) is 4.79 Å². The number of nitrogens with zero attached hydrogens (tertiary/aromatic N) is 2. The third-order valence-corrected chi connectivity index (χ3v) is 8.84. The average Bonchev–Trinajstić information content (AvgIpc) is 3.31. The number of aliphatic carboxylic acids is 1. The van der Waals surface area contributed by atoms with Crippen molar-refractivity contribution in [2.24, 2.45) is 5.92 Å². The maximum atomic E-state index is 13.4. The molecule has 0 spiro atoms. The number of carbonyl (C=O) groups excluding carboxylic acids is 1. The second-order valence-corrected chi connectivity index (χ2v) is 11.5. The Kier molecular flexibility index (Phi) is 9.25. The summed E-state index contributed by atoms with van der Waals surface area (Å²) in [4.78, 5) is 30.6. The van der Waals surface area contributed by atoms with Crippen molar-refractivity contribution in [3.8, 4) is 5.75 Å². The first kappa shape index (κ1) is 25.8. The number of nitrogens with one attached hydrogen (secondary N) is 1. The van der Waals surface area contributed by atoms with Gasteiger partial charge in [-0.25, -0.2) is 14.2 Å². The highest BCUT2D eigenvalue weighted by atomic mass is 32.2. The molecule has 1 aromatic heterocycles. The zero-order chi connectivity index (χ0) is 24.6. The highest BCUT2D eigenvalue weighted by molar-refractivity contribution is 8.01. The van der Waals surface area contributed by atoms with Gasteiger partial charge in [-0.3, -0.25) is 10.1 Å². The molecule has 0 aliphatic heterocycles. The second kappa shape index (κ2) is 12.6. The van der Waals surface area contributed by atoms with E-state index in [1.807, 2.05) is 0 Å². The first-order chi connectivity index (χ1) is 17.0. The molecule has 2 fully saturated rings. The van der Waals surface area contributed by atoms with E-state index in [0.717, 1.165) is 55.6 Å². The van der Waals surface area contributed by atoms with Crippen molar-refractivity contribution in [3.63, 3.8) is 0 Å². The Hall–Kier alpha value is -2.33. The number of carboxylic acids is 1. The molecule has 10 heteroatoms. The lowest BCUT2D eigenvalue weighted by Crippen LogP contribution is -2.51. The van der Waals surface area contributed by atoms with Gasteiger partial charge in [0.1, 0.15) is 11.6 Å². The Morgan fingerprint density at radius 2 is 1.77 bits per heavy atom. The highest BCUT2D eigenvalue weighted by Crippen LogP contribution is 2.34. The number of rotatable bonds is 9. The number of hydrogen-bond acceptors (Lipinski definition) is 6. The fourth-order valence-corrected chi connectivity index (χ4v) is 6.58. The van der Waals surface area contributed by atoms with Crippen molar-refractivity contribution < 1.29 is 23.8 Å². The van der Waals surface area contributed by atoms with Gasteiger partial charge in [-0.15, -0.1) is 11.8 Å². The summed E-state index contributed by atoms with van der Waals surface area (Å²) in [5, 5.41) is 12.4. The predicted molar refractivity (Wildman–Crippen MR) is 136 cm³/mol. The van der Waals surface area contributed by atoms with Crippen LogP contribution in [0.4, 0.5) is 14.3 Å². The summed E-state index contributed by atoms with van der Waals surface area (Å²) in [5.74, 6) is -0.0813. The molecule has 0 radical (unpaired) electrons. The third-order valence-electron chi connectivity index (χ3n) is 6.75. The first-order valence-corrected chi connectivity index (χ1v) is 14.1. The Balaban J connectivity index is 1.34. The van der Waals surface area contributed by atoms with E-state index in [1.165, 1.54) is 41.7 Å². The van der Waals surface area contributed by atoms with Gasteiger partial charge in [0.15, 0.2) is 5.13 Å². The van der Waals surface area contributed by atoms with Crippen LogP contribution in [-0.4, -0.2) is 51.4 Å². The Morgan fingerprint density at radius 1 is 1.09 bits per heavy atom. The van der Waals surface area contributed by atoms with Crippen LogP contribution in [0.2, 0.25) is 0 Å². The summed E-state index contributed by atoms with van der Waals surface area (Å²) >= 11 is 2.52. The summed E-state index contributed by atoms with van der Waals surface area (Å²) in [5.41, 5.74) is 0. The minimum atomic E-state index is -0.879. The number of halogens is 1.